The van der Waals surface area contributed by atoms with Gasteiger partial charge in [0.2, 0.25) is 0 Å². The molecule has 0 spiro atoms. The van der Waals surface area contributed by atoms with E-state index in [0.717, 1.165) is 0 Å². The first kappa shape index (κ1) is 11.1. The lowest BCUT2D eigenvalue weighted by Gasteiger charge is -2.02. The average Bonchev–Trinajstić information content (AvgIpc) is 2.63. The number of ether oxygens (including phenoxy) is 1. The molecule has 0 aliphatic carbocycles. The molecule has 0 radical (unpaired) electrons. The molecule has 6 heteroatoms. The highest BCUT2D eigenvalue weighted by molar-refractivity contribution is 5.89. The normalized spacial score (nSPS) is 10.2. The summed E-state index contributed by atoms with van der Waals surface area (Å²) in [5.74, 6) is -1.17. The largest absolute Gasteiger partial charge is 0.419 e. The summed E-state index contributed by atoms with van der Waals surface area (Å²) in [7, 11) is 1.59. The van der Waals surface area contributed by atoms with Gasteiger partial charge in [0.05, 0.1) is 0 Å². The van der Waals surface area contributed by atoms with Gasteiger partial charge in [0.1, 0.15) is 5.82 Å². The molecule has 0 fully saturated rings. The number of para-hydroxylation sites is 1. The molecule has 2 rings (SSSR count). The minimum atomic E-state index is -0.748. The fraction of sp³-hybridized carbons (Fsp3) is 0.0909. The third-order valence-electron chi connectivity index (χ3n) is 2.16. The second-order valence-electron chi connectivity index (χ2n) is 3.40. The summed E-state index contributed by atoms with van der Waals surface area (Å²) in [5.41, 5.74) is 5.56. The Morgan fingerprint density at radius 1 is 1.47 bits per heavy atom. The SMILES string of the molecule is Cn1nc(C(=O)Oc2ccccc2F)cc1N. The van der Waals surface area contributed by atoms with Crippen LogP contribution in [0.1, 0.15) is 10.5 Å². The van der Waals surface area contributed by atoms with Crippen molar-refractivity contribution in [2.75, 3.05) is 5.73 Å². The van der Waals surface area contributed by atoms with Gasteiger partial charge in [0.15, 0.2) is 17.3 Å². The van der Waals surface area contributed by atoms with Crippen LogP contribution in [0.25, 0.3) is 0 Å². The van der Waals surface area contributed by atoms with Gasteiger partial charge in [-0.2, -0.15) is 5.10 Å². The van der Waals surface area contributed by atoms with Crippen LogP contribution in [0.15, 0.2) is 30.3 Å². The number of carbonyl (C=O) groups excluding carboxylic acids is 1. The molecule has 0 atom stereocenters. The van der Waals surface area contributed by atoms with E-state index in [1.165, 1.54) is 28.9 Å². The van der Waals surface area contributed by atoms with Gasteiger partial charge in [-0.15, -0.1) is 0 Å². The van der Waals surface area contributed by atoms with Crippen LogP contribution in [0.3, 0.4) is 0 Å². The molecule has 1 heterocycles. The molecular formula is C11H10FN3O2. The van der Waals surface area contributed by atoms with E-state index in [9.17, 15) is 9.18 Å². The monoisotopic (exact) mass is 235 g/mol. The lowest BCUT2D eigenvalue weighted by molar-refractivity contribution is 0.0721. The lowest BCUT2D eigenvalue weighted by atomic mass is 10.3. The first-order chi connectivity index (χ1) is 8.08. The van der Waals surface area contributed by atoms with E-state index in [0.29, 0.717) is 5.82 Å². The second kappa shape index (κ2) is 4.25. The number of aryl methyl sites for hydroxylation is 1. The van der Waals surface area contributed by atoms with Gasteiger partial charge in [-0.05, 0) is 12.1 Å². The number of anilines is 1. The van der Waals surface area contributed by atoms with E-state index in [1.54, 1.807) is 13.1 Å². The van der Waals surface area contributed by atoms with Crippen molar-refractivity contribution in [1.82, 2.24) is 9.78 Å². The van der Waals surface area contributed by atoms with E-state index in [-0.39, 0.29) is 11.4 Å². The Morgan fingerprint density at radius 2 is 2.18 bits per heavy atom. The zero-order valence-corrected chi connectivity index (χ0v) is 9.05. The third kappa shape index (κ3) is 2.25. The fourth-order valence-electron chi connectivity index (χ4n) is 1.26. The van der Waals surface area contributed by atoms with E-state index in [4.69, 9.17) is 10.5 Å². The minimum Gasteiger partial charge on any atom is -0.419 e. The summed E-state index contributed by atoms with van der Waals surface area (Å²) in [6.07, 6.45) is 0. The maximum Gasteiger partial charge on any atom is 0.364 e. The van der Waals surface area contributed by atoms with Crippen molar-refractivity contribution in [3.05, 3.63) is 41.8 Å². The third-order valence-corrected chi connectivity index (χ3v) is 2.16. The highest BCUT2D eigenvalue weighted by atomic mass is 19.1. The topological polar surface area (TPSA) is 70.1 Å². The zero-order valence-electron chi connectivity index (χ0n) is 9.05. The van der Waals surface area contributed by atoms with E-state index >= 15 is 0 Å². The Labute approximate surface area is 96.6 Å². The maximum atomic E-state index is 13.2. The average molecular weight is 235 g/mol. The van der Waals surface area contributed by atoms with Gasteiger partial charge in [-0.1, -0.05) is 12.1 Å². The van der Waals surface area contributed by atoms with Crippen LogP contribution >= 0.6 is 0 Å². The molecule has 17 heavy (non-hydrogen) atoms. The Bertz CT molecular complexity index is 546. The van der Waals surface area contributed by atoms with Crippen LogP contribution < -0.4 is 10.5 Å². The van der Waals surface area contributed by atoms with Crippen LogP contribution in [0.2, 0.25) is 0 Å². The number of aromatic nitrogens is 2. The van der Waals surface area contributed by atoms with Crippen molar-refractivity contribution in [2.24, 2.45) is 7.05 Å². The lowest BCUT2D eigenvalue weighted by Crippen LogP contribution is -2.10. The number of esters is 1. The molecule has 0 amide bonds. The van der Waals surface area contributed by atoms with Crippen molar-refractivity contribution in [3.63, 3.8) is 0 Å². The standard InChI is InChI=1S/C11H10FN3O2/c1-15-10(13)6-8(14-15)11(16)17-9-5-3-2-4-7(9)12/h2-6H,13H2,1H3. The highest BCUT2D eigenvalue weighted by Crippen LogP contribution is 2.17. The van der Waals surface area contributed by atoms with E-state index < -0.39 is 11.8 Å². The van der Waals surface area contributed by atoms with Gasteiger partial charge in [-0.3, -0.25) is 4.68 Å². The molecule has 0 aliphatic rings. The zero-order chi connectivity index (χ0) is 12.4. The predicted molar refractivity (Wildman–Crippen MR) is 59.0 cm³/mol. The van der Waals surface area contributed by atoms with Crippen LogP contribution in [0, 0.1) is 5.82 Å². The van der Waals surface area contributed by atoms with Crippen molar-refractivity contribution in [3.8, 4) is 5.75 Å². The number of nitrogen functional groups attached to an aromatic ring is 1. The van der Waals surface area contributed by atoms with Crippen molar-refractivity contribution >= 4 is 11.8 Å². The Hall–Kier alpha value is -2.37. The number of nitrogens with two attached hydrogens (primary N) is 1. The van der Waals surface area contributed by atoms with Crippen molar-refractivity contribution < 1.29 is 13.9 Å². The summed E-state index contributed by atoms with van der Waals surface area (Å²) in [6.45, 7) is 0. The van der Waals surface area contributed by atoms with Crippen molar-refractivity contribution in [1.29, 1.82) is 0 Å². The summed E-state index contributed by atoms with van der Waals surface area (Å²) >= 11 is 0. The first-order valence-electron chi connectivity index (χ1n) is 4.84. The number of rotatable bonds is 2. The molecule has 0 aliphatic heterocycles. The predicted octanol–water partition coefficient (Wildman–Crippen LogP) is 1.36. The van der Waals surface area contributed by atoms with E-state index in [2.05, 4.69) is 5.10 Å². The molecule has 5 nitrogen and oxygen atoms in total. The fourth-order valence-corrected chi connectivity index (χ4v) is 1.26. The highest BCUT2D eigenvalue weighted by Gasteiger charge is 2.15. The summed E-state index contributed by atoms with van der Waals surface area (Å²) in [4.78, 5) is 11.6. The second-order valence-corrected chi connectivity index (χ2v) is 3.40. The molecule has 0 unspecified atom stereocenters. The number of hydrogen-bond acceptors (Lipinski definition) is 4. The summed E-state index contributed by atoms with van der Waals surface area (Å²) < 4.78 is 19.4. The molecular weight excluding hydrogens is 225 g/mol. The first-order valence-corrected chi connectivity index (χ1v) is 4.84. The number of hydrogen-bond donors (Lipinski definition) is 1. The number of carbonyl (C=O) groups is 1. The summed E-state index contributed by atoms with van der Waals surface area (Å²) in [5, 5.41) is 3.83. The van der Waals surface area contributed by atoms with Crippen LogP contribution in [-0.4, -0.2) is 15.7 Å². The quantitative estimate of drug-likeness (QED) is 0.630. The van der Waals surface area contributed by atoms with Crippen molar-refractivity contribution in [2.45, 2.75) is 0 Å². The minimum absolute atomic E-state index is 0.0354. The molecule has 0 saturated heterocycles. The maximum absolute atomic E-state index is 13.2. The number of benzene rings is 1. The summed E-state index contributed by atoms with van der Waals surface area (Å²) in [6, 6.07) is 7.00. The number of halogens is 1. The Balaban J connectivity index is 2.20. The molecule has 0 bridgehead atoms. The van der Waals surface area contributed by atoms with Gasteiger partial charge >= 0.3 is 5.97 Å². The molecule has 2 aromatic rings. The Morgan fingerprint density at radius 3 is 2.76 bits per heavy atom. The van der Waals surface area contributed by atoms with Gasteiger partial charge in [-0.25, -0.2) is 9.18 Å². The molecule has 0 saturated carbocycles. The molecule has 1 aromatic carbocycles. The van der Waals surface area contributed by atoms with Crippen LogP contribution in [0.5, 0.6) is 5.75 Å². The number of nitrogens with zero attached hydrogens (tertiary/aromatic N) is 2. The molecule has 1 aromatic heterocycles. The van der Waals surface area contributed by atoms with E-state index in [1.807, 2.05) is 0 Å². The van der Waals surface area contributed by atoms with Gasteiger partial charge in [0, 0.05) is 13.1 Å². The molecule has 88 valence electrons. The Kier molecular flexibility index (Phi) is 2.78. The molecule has 2 N–H and O–H groups in total. The van der Waals surface area contributed by atoms with Crippen LogP contribution in [0.4, 0.5) is 10.2 Å². The van der Waals surface area contributed by atoms with Gasteiger partial charge < -0.3 is 10.5 Å². The van der Waals surface area contributed by atoms with Gasteiger partial charge in [0.25, 0.3) is 0 Å². The smallest absolute Gasteiger partial charge is 0.364 e. The van der Waals surface area contributed by atoms with Crippen LogP contribution in [-0.2, 0) is 7.05 Å².